The third kappa shape index (κ3) is 4.24. The third-order valence-electron chi connectivity index (χ3n) is 5.30. The van der Waals surface area contributed by atoms with E-state index >= 15 is 0 Å². The third-order valence-corrected chi connectivity index (χ3v) is 6.26. The van der Waals surface area contributed by atoms with Gasteiger partial charge in [0.25, 0.3) is 5.91 Å². The summed E-state index contributed by atoms with van der Waals surface area (Å²) in [5.41, 5.74) is 6.75. The van der Waals surface area contributed by atoms with Gasteiger partial charge in [0.15, 0.2) is 0 Å². The first-order chi connectivity index (χ1) is 14.5. The number of carbonyl (C=O) groups is 1. The lowest BCUT2D eigenvalue weighted by molar-refractivity contribution is 0.0955. The van der Waals surface area contributed by atoms with Crippen molar-refractivity contribution in [1.82, 2.24) is 9.88 Å². The minimum atomic E-state index is -0.0463. The highest BCUT2D eigenvalue weighted by Gasteiger charge is 2.20. The van der Waals surface area contributed by atoms with Crippen LogP contribution in [0.5, 0.6) is 0 Å². The predicted octanol–water partition coefficient (Wildman–Crippen LogP) is 6.57. The van der Waals surface area contributed by atoms with Gasteiger partial charge in [-0.3, -0.25) is 4.79 Å². The van der Waals surface area contributed by atoms with Crippen LogP contribution in [0.4, 0.5) is 0 Å². The van der Waals surface area contributed by atoms with Gasteiger partial charge in [0.2, 0.25) is 0 Å². The molecule has 0 bridgehead atoms. The SMILES string of the molecule is Cc1ccc(-c2csc(C(=O)NCc3ccc(C(C)C)cc3)c2-n2cccc2)cc1. The van der Waals surface area contributed by atoms with Crippen LogP contribution in [-0.4, -0.2) is 10.5 Å². The summed E-state index contributed by atoms with van der Waals surface area (Å²) < 4.78 is 2.03. The van der Waals surface area contributed by atoms with Crippen LogP contribution in [0.2, 0.25) is 0 Å². The molecule has 30 heavy (non-hydrogen) atoms. The number of thiophene rings is 1. The van der Waals surface area contributed by atoms with E-state index in [4.69, 9.17) is 0 Å². The molecule has 0 aliphatic rings. The lowest BCUT2D eigenvalue weighted by Gasteiger charge is -2.11. The molecule has 2 aromatic heterocycles. The van der Waals surface area contributed by atoms with Crippen molar-refractivity contribution in [3.63, 3.8) is 0 Å². The van der Waals surface area contributed by atoms with Crippen LogP contribution in [0.15, 0.2) is 78.4 Å². The van der Waals surface area contributed by atoms with Crippen molar-refractivity contribution in [3.05, 3.63) is 100 Å². The smallest absolute Gasteiger partial charge is 0.263 e. The van der Waals surface area contributed by atoms with Crippen LogP contribution in [0.1, 0.15) is 46.1 Å². The normalized spacial score (nSPS) is 11.1. The average Bonchev–Trinajstić information content (AvgIpc) is 3.42. The Labute approximate surface area is 182 Å². The van der Waals surface area contributed by atoms with Gasteiger partial charge in [-0.25, -0.2) is 0 Å². The summed E-state index contributed by atoms with van der Waals surface area (Å²) in [6.07, 6.45) is 3.97. The maximum absolute atomic E-state index is 13.1. The highest BCUT2D eigenvalue weighted by Crippen LogP contribution is 2.35. The number of hydrogen-bond donors (Lipinski definition) is 1. The Morgan fingerprint density at radius 2 is 1.67 bits per heavy atom. The van der Waals surface area contributed by atoms with E-state index in [0.717, 1.165) is 27.3 Å². The first kappa shape index (κ1) is 20.2. The number of amides is 1. The van der Waals surface area contributed by atoms with Crippen LogP contribution in [-0.2, 0) is 6.54 Å². The van der Waals surface area contributed by atoms with E-state index in [1.807, 2.05) is 29.1 Å². The first-order valence-corrected chi connectivity index (χ1v) is 11.1. The summed E-state index contributed by atoms with van der Waals surface area (Å²) in [4.78, 5) is 13.8. The molecule has 4 heteroatoms. The van der Waals surface area contributed by atoms with Crippen LogP contribution in [0, 0.1) is 6.92 Å². The molecule has 0 aliphatic heterocycles. The zero-order valence-corrected chi connectivity index (χ0v) is 18.4. The minimum absolute atomic E-state index is 0.0463. The second-order valence-electron chi connectivity index (χ2n) is 7.86. The summed E-state index contributed by atoms with van der Waals surface area (Å²) in [5, 5.41) is 5.17. The van der Waals surface area contributed by atoms with E-state index in [-0.39, 0.29) is 5.91 Å². The van der Waals surface area contributed by atoms with Gasteiger partial charge in [-0.05, 0) is 41.7 Å². The van der Waals surface area contributed by atoms with Crippen molar-refractivity contribution in [2.45, 2.75) is 33.2 Å². The molecular formula is C26H26N2OS. The van der Waals surface area contributed by atoms with Crippen molar-refractivity contribution in [3.8, 4) is 16.8 Å². The number of hydrogen-bond acceptors (Lipinski definition) is 2. The van der Waals surface area contributed by atoms with Crippen LogP contribution in [0.3, 0.4) is 0 Å². The number of aryl methyl sites for hydroxylation is 1. The second kappa shape index (κ2) is 8.72. The molecule has 0 atom stereocenters. The van der Waals surface area contributed by atoms with Crippen LogP contribution < -0.4 is 5.32 Å². The van der Waals surface area contributed by atoms with Gasteiger partial charge in [0, 0.05) is 29.9 Å². The summed E-state index contributed by atoms with van der Waals surface area (Å²) in [6.45, 7) is 6.96. The number of benzene rings is 2. The number of rotatable bonds is 6. The van der Waals surface area contributed by atoms with Crippen molar-refractivity contribution >= 4 is 17.2 Å². The predicted molar refractivity (Wildman–Crippen MR) is 126 cm³/mol. The van der Waals surface area contributed by atoms with Crippen molar-refractivity contribution in [2.75, 3.05) is 0 Å². The largest absolute Gasteiger partial charge is 0.347 e. The lowest BCUT2D eigenvalue weighted by Crippen LogP contribution is -2.23. The quantitative estimate of drug-likeness (QED) is 0.380. The molecule has 4 aromatic rings. The van der Waals surface area contributed by atoms with E-state index < -0.39 is 0 Å². The van der Waals surface area contributed by atoms with E-state index in [2.05, 4.69) is 80.0 Å². The summed E-state index contributed by atoms with van der Waals surface area (Å²) >= 11 is 1.49. The van der Waals surface area contributed by atoms with Gasteiger partial charge in [-0.15, -0.1) is 11.3 Å². The Bertz CT molecular complexity index is 1120. The fourth-order valence-corrected chi connectivity index (χ4v) is 4.46. The molecule has 0 fully saturated rings. The summed E-state index contributed by atoms with van der Waals surface area (Å²) in [6, 6.07) is 20.9. The average molecular weight is 415 g/mol. The monoisotopic (exact) mass is 414 g/mol. The fraction of sp³-hybridized carbons (Fsp3) is 0.192. The molecule has 2 aromatic carbocycles. The van der Waals surface area contributed by atoms with E-state index in [9.17, 15) is 4.79 Å². The Hall–Kier alpha value is -3.11. The molecule has 3 nitrogen and oxygen atoms in total. The van der Waals surface area contributed by atoms with E-state index in [1.54, 1.807) is 0 Å². The zero-order valence-electron chi connectivity index (χ0n) is 17.6. The molecule has 1 N–H and O–H groups in total. The number of nitrogens with zero attached hydrogens (tertiary/aromatic N) is 1. The van der Waals surface area contributed by atoms with Crippen molar-refractivity contribution in [1.29, 1.82) is 0 Å². The molecule has 1 amide bonds. The fourth-order valence-electron chi connectivity index (χ4n) is 3.47. The molecule has 0 aliphatic carbocycles. The highest BCUT2D eigenvalue weighted by molar-refractivity contribution is 7.13. The number of nitrogens with one attached hydrogen (secondary N) is 1. The first-order valence-electron chi connectivity index (χ1n) is 10.2. The van der Waals surface area contributed by atoms with Crippen LogP contribution >= 0.6 is 11.3 Å². The van der Waals surface area contributed by atoms with Gasteiger partial charge in [-0.1, -0.05) is 67.9 Å². The van der Waals surface area contributed by atoms with Crippen LogP contribution in [0.25, 0.3) is 16.8 Å². The molecule has 0 saturated carbocycles. The molecule has 0 radical (unpaired) electrons. The topological polar surface area (TPSA) is 34.0 Å². The minimum Gasteiger partial charge on any atom is -0.347 e. The van der Waals surface area contributed by atoms with Crippen molar-refractivity contribution < 1.29 is 4.79 Å². The molecule has 0 unspecified atom stereocenters. The van der Waals surface area contributed by atoms with Gasteiger partial charge < -0.3 is 9.88 Å². The van der Waals surface area contributed by atoms with Gasteiger partial charge in [0.05, 0.1) is 5.69 Å². The number of carbonyl (C=O) groups excluding carboxylic acids is 1. The highest BCUT2D eigenvalue weighted by atomic mass is 32.1. The summed E-state index contributed by atoms with van der Waals surface area (Å²) in [7, 11) is 0. The Morgan fingerprint density at radius 3 is 2.30 bits per heavy atom. The van der Waals surface area contributed by atoms with E-state index in [0.29, 0.717) is 12.5 Å². The molecular weight excluding hydrogens is 388 g/mol. The number of aromatic nitrogens is 1. The maximum Gasteiger partial charge on any atom is 0.263 e. The summed E-state index contributed by atoms with van der Waals surface area (Å²) in [5.74, 6) is 0.457. The maximum atomic E-state index is 13.1. The zero-order chi connectivity index (χ0) is 21.1. The van der Waals surface area contributed by atoms with Gasteiger partial charge >= 0.3 is 0 Å². The molecule has 0 spiro atoms. The lowest BCUT2D eigenvalue weighted by atomic mass is 10.0. The van der Waals surface area contributed by atoms with Gasteiger partial charge in [0.1, 0.15) is 4.88 Å². The molecule has 152 valence electrons. The van der Waals surface area contributed by atoms with Crippen molar-refractivity contribution in [2.24, 2.45) is 0 Å². The Morgan fingerprint density at radius 1 is 1.00 bits per heavy atom. The van der Waals surface area contributed by atoms with Gasteiger partial charge in [-0.2, -0.15) is 0 Å². The standard InChI is InChI=1S/C26H26N2OS/c1-18(2)21-12-8-20(9-13-21)16-27-26(29)25-24(28-14-4-5-15-28)23(17-30-25)22-10-6-19(3)7-11-22/h4-15,17-18H,16H2,1-3H3,(H,27,29). The Kier molecular flexibility index (Phi) is 5.86. The second-order valence-corrected chi connectivity index (χ2v) is 8.74. The molecule has 2 heterocycles. The Balaban J connectivity index is 1.60. The molecule has 4 rings (SSSR count). The molecule has 0 saturated heterocycles. The van der Waals surface area contributed by atoms with E-state index in [1.165, 1.54) is 22.5 Å².